The van der Waals surface area contributed by atoms with E-state index in [0.717, 1.165) is 11.1 Å². The van der Waals surface area contributed by atoms with E-state index in [1.54, 1.807) is 25.1 Å². The molecule has 1 amide bonds. The van der Waals surface area contributed by atoms with E-state index in [0.29, 0.717) is 22.8 Å². The molecule has 3 aromatic rings. The van der Waals surface area contributed by atoms with Crippen molar-refractivity contribution >= 4 is 5.91 Å². The van der Waals surface area contributed by atoms with Crippen molar-refractivity contribution in [3.05, 3.63) is 71.1 Å². The Morgan fingerprint density at radius 2 is 2.00 bits per heavy atom. The van der Waals surface area contributed by atoms with Crippen molar-refractivity contribution in [2.75, 3.05) is 6.54 Å². The van der Waals surface area contributed by atoms with Crippen LogP contribution < -0.4 is 5.32 Å². The van der Waals surface area contributed by atoms with Crippen LogP contribution in [0.4, 0.5) is 0 Å². The monoisotopic (exact) mass is 337 g/mol. The Balaban J connectivity index is 1.68. The summed E-state index contributed by atoms with van der Waals surface area (Å²) in [5, 5.41) is 16.9. The van der Waals surface area contributed by atoms with Gasteiger partial charge in [0, 0.05) is 24.6 Å². The standard InChI is InChI=1S/C19H19N3O3/c1-12-6-3-4-9-16(12)17(23)11-20-19(24)15-8-5-7-14(10-15)18-21-13(2)25-22-18/h3-10,17,23H,11H2,1-2H3,(H,20,24)/t17-/m1/s1. The number of aryl methyl sites for hydroxylation is 2. The van der Waals surface area contributed by atoms with Crippen LogP contribution in [0.15, 0.2) is 53.1 Å². The SMILES string of the molecule is Cc1nc(-c2cccc(C(=O)NC[C@@H](O)c3ccccc3C)c2)no1. The van der Waals surface area contributed by atoms with Crippen LogP contribution in [0.25, 0.3) is 11.4 Å². The number of amides is 1. The smallest absolute Gasteiger partial charge is 0.251 e. The van der Waals surface area contributed by atoms with Gasteiger partial charge < -0.3 is 14.9 Å². The van der Waals surface area contributed by atoms with Gasteiger partial charge in [0.05, 0.1) is 6.10 Å². The molecule has 1 aromatic heterocycles. The molecule has 0 saturated heterocycles. The average molecular weight is 337 g/mol. The van der Waals surface area contributed by atoms with Crippen molar-refractivity contribution in [1.82, 2.24) is 15.5 Å². The van der Waals surface area contributed by atoms with E-state index in [1.807, 2.05) is 37.3 Å². The molecule has 6 nitrogen and oxygen atoms in total. The van der Waals surface area contributed by atoms with Gasteiger partial charge in [-0.1, -0.05) is 41.6 Å². The maximum Gasteiger partial charge on any atom is 0.251 e. The number of hydrogen-bond donors (Lipinski definition) is 2. The Labute approximate surface area is 145 Å². The quantitative estimate of drug-likeness (QED) is 0.747. The Kier molecular flexibility index (Phi) is 4.90. The lowest BCUT2D eigenvalue weighted by Crippen LogP contribution is -2.28. The number of nitrogens with one attached hydrogen (secondary N) is 1. The molecule has 0 bridgehead atoms. The summed E-state index contributed by atoms with van der Waals surface area (Å²) in [5.74, 6) is 0.632. The first-order valence-electron chi connectivity index (χ1n) is 7.97. The number of carbonyl (C=O) groups is 1. The minimum absolute atomic E-state index is 0.134. The molecule has 0 aliphatic carbocycles. The molecule has 128 valence electrons. The van der Waals surface area contributed by atoms with Crippen LogP contribution in [0.5, 0.6) is 0 Å². The normalized spacial score (nSPS) is 12.0. The van der Waals surface area contributed by atoms with Crippen molar-refractivity contribution < 1.29 is 14.4 Å². The first kappa shape index (κ1) is 16.9. The third kappa shape index (κ3) is 3.92. The van der Waals surface area contributed by atoms with E-state index in [4.69, 9.17) is 4.52 Å². The highest BCUT2D eigenvalue weighted by Gasteiger charge is 2.14. The topological polar surface area (TPSA) is 88.2 Å². The van der Waals surface area contributed by atoms with Gasteiger partial charge in [0.1, 0.15) is 0 Å². The number of hydrogen-bond acceptors (Lipinski definition) is 5. The molecule has 0 radical (unpaired) electrons. The molecule has 2 aromatic carbocycles. The maximum atomic E-state index is 12.4. The highest BCUT2D eigenvalue weighted by Crippen LogP contribution is 2.18. The van der Waals surface area contributed by atoms with Crippen LogP contribution in [0.2, 0.25) is 0 Å². The van der Waals surface area contributed by atoms with Crippen molar-refractivity contribution in [3.8, 4) is 11.4 Å². The summed E-state index contributed by atoms with van der Waals surface area (Å²) < 4.78 is 4.96. The van der Waals surface area contributed by atoms with Gasteiger partial charge in [-0.25, -0.2) is 0 Å². The molecule has 0 aliphatic heterocycles. The summed E-state index contributed by atoms with van der Waals surface area (Å²) in [7, 11) is 0. The van der Waals surface area contributed by atoms with Gasteiger partial charge in [0.15, 0.2) is 0 Å². The second-order valence-corrected chi connectivity index (χ2v) is 5.80. The molecule has 2 N–H and O–H groups in total. The highest BCUT2D eigenvalue weighted by atomic mass is 16.5. The maximum absolute atomic E-state index is 12.4. The zero-order valence-electron chi connectivity index (χ0n) is 14.1. The summed E-state index contributed by atoms with van der Waals surface area (Å²) in [6.07, 6.45) is -0.756. The molecule has 0 unspecified atom stereocenters. The highest BCUT2D eigenvalue weighted by molar-refractivity contribution is 5.95. The largest absolute Gasteiger partial charge is 0.387 e. The van der Waals surface area contributed by atoms with Gasteiger partial charge in [0.25, 0.3) is 5.91 Å². The van der Waals surface area contributed by atoms with E-state index in [1.165, 1.54) is 0 Å². The van der Waals surface area contributed by atoms with E-state index < -0.39 is 6.10 Å². The fourth-order valence-electron chi connectivity index (χ4n) is 2.58. The zero-order valence-corrected chi connectivity index (χ0v) is 14.1. The predicted octanol–water partition coefficient (Wildman–Crippen LogP) is 2.82. The summed E-state index contributed by atoms with van der Waals surface area (Å²) >= 11 is 0. The molecule has 0 aliphatic rings. The third-order valence-electron chi connectivity index (χ3n) is 3.91. The lowest BCUT2D eigenvalue weighted by molar-refractivity contribution is 0.0916. The molecule has 6 heteroatoms. The second-order valence-electron chi connectivity index (χ2n) is 5.80. The molecule has 0 spiro atoms. The second kappa shape index (κ2) is 7.27. The number of aromatic nitrogens is 2. The lowest BCUT2D eigenvalue weighted by Gasteiger charge is -2.14. The van der Waals surface area contributed by atoms with E-state index >= 15 is 0 Å². The Morgan fingerprint density at radius 3 is 2.72 bits per heavy atom. The van der Waals surface area contributed by atoms with E-state index in [-0.39, 0.29) is 12.5 Å². The van der Waals surface area contributed by atoms with Crippen molar-refractivity contribution in [2.24, 2.45) is 0 Å². The molecule has 1 heterocycles. The number of carbonyl (C=O) groups excluding carboxylic acids is 1. The number of aliphatic hydroxyl groups excluding tert-OH is 1. The first-order valence-corrected chi connectivity index (χ1v) is 7.97. The number of nitrogens with zero attached hydrogens (tertiary/aromatic N) is 2. The van der Waals surface area contributed by atoms with Gasteiger partial charge in [-0.2, -0.15) is 4.98 Å². The lowest BCUT2D eigenvalue weighted by atomic mass is 10.0. The molecular weight excluding hydrogens is 318 g/mol. The van der Waals surface area contributed by atoms with Crippen LogP contribution in [-0.4, -0.2) is 27.7 Å². The van der Waals surface area contributed by atoms with Gasteiger partial charge in [-0.15, -0.1) is 0 Å². The molecule has 3 rings (SSSR count). The predicted molar refractivity (Wildman–Crippen MR) is 92.9 cm³/mol. The fraction of sp³-hybridized carbons (Fsp3) is 0.211. The fourth-order valence-corrected chi connectivity index (χ4v) is 2.58. The minimum Gasteiger partial charge on any atom is -0.387 e. The number of aliphatic hydroxyl groups is 1. The summed E-state index contributed by atoms with van der Waals surface area (Å²) in [6.45, 7) is 3.77. The molecule has 0 saturated carbocycles. The van der Waals surface area contributed by atoms with E-state index in [2.05, 4.69) is 15.5 Å². The van der Waals surface area contributed by atoms with Crippen LogP contribution in [0, 0.1) is 13.8 Å². The van der Waals surface area contributed by atoms with Crippen LogP contribution in [-0.2, 0) is 0 Å². The van der Waals surface area contributed by atoms with Crippen LogP contribution in [0.1, 0.15) is 33.5 Å². The van der Waals surface area contributed by atoms with Crippen LogP contribution in [0.3, 0.4) is 0 Å². The first-order chi connectivity index (χ1) is 12.0. The van der Waals surface area contributed by atoms with E-state index in [9.17, 15) is 9.90 Å². The third-order valence-corrected chi connectivity index (χ3v) is 3.91. The van der Waals surface area contributed by atoms with Crippen molar-refractivity contribution in [2.45, 2.75) is 20.0 Å². The summed E-state index contributed by atoms with van der Waals surface area (Å²) in [4.78, 5) is 16.5. The number of benzene rings is 2. The number of rotatable bonds is 5. The molecule has 1 atom stereocenters. The van der Waals surface area contributed by atoms with Gasteiger partial charge >= 0.3 is 0 Å². The molecule has 25 heavy (non-hydrogen) atoms. The van der Waals surface area contributed by atoms with Crippen LogP contribution >= 0.6 is 0 Å². The summed E-state index contributed by atoms with van der Waals surface area (Å²) in [6, 6.07) is 14.5. The van der Waals surface area contributed by atoms with Gasteiger partial charge in [-0.05, 0) is 30.2 Å². The zero-order chi connectivity index (χ0) is 17.8. The Morgan fingerprint density at radius 1 is 1.20 bits per heavy atom. The summed E-state index contributed by atoms with van der Waals surface area (Å²) in [5.41, 5.74) is 2.96. The van der Waals surface area contributed by atoms with Gasteiger partial charge in [0.2, 0.25) is 11.7 Å². The van der Waals surface area contributed by atoms with Crippen molar-refractivity contribution in [1.29, 1.82) is 0 Å². The molecule has 0 fully saturated rings. The minimum atomic E-state index is -0.756. The Bertz CT molecular complexity index is 889. The molecular formula is C19H19N3O3. The average Bonchev–Trinajstić information content (AvgIpc) is 3.06. The van der Waals surface area contributed by atoms with Crippen molar-refractivity contribution in [3.63, 3.8) is 0 Å². The van der Waals surface area contributed by atoms with Gasteiger partial charge in [-0.3, -0.25) is 4.79 Å². The Hall–Kier alpha value is -2.99.